The monoisotopic (exact) mass is 430 g/mol. The van der Waals surface area contributed by atoms with Gasteiger partial charge in [0.2, 0.25) is 0 Å². The topological polar surface area (TPSA) is 39.4 Å². The number of alkyl halides is 3. The summed E-state index contributed by atoms with van der Waals surface area (Å²) in [6, 6.07) is 8.21. The van der Waals surface area contributed by atoms with Crippen molar-refractivity contribution in [2.75, 3.05) is 0 Å². The number of furan rings is 1. The second-order valence-electron chi connectivity index (χ2n) is 9.51. The summed E-state index contributed by atoms with van der Waals surface area (Å²) in [6.45, 7) is 0.0120. The number of rotatable bonds is 6. The Hall–Kier alpha value is -2.50. The van der Waals surface area contributed by atoms with E-state index in [-0.39, 0.29) is 23.6 Å². The molecule has 0 atom stereocenters. The molecule has 0 aliphatic heterocycles. The fourth-order valence-corrected chi connectivity index (χ4v) is 6.23. The Balaban J connectivity index is 1.20. The van der Waals surface area contributed by atoms with Crippen molar-refractivity contribution in [2.45, 2.75) is 51.3 Å². The molecule has 6 heteroatoms. The van der Waals surface area contributed by atoms with Crippen LogP contribution in [-0.4, -0.2) is 5.78 Å². The molecule has 0 N–H and O–H groups in total. The molecule has 6 rings (SSSR count). The zero-order valence-corrected chi connectivity index (χ0v) is 17.2. The van der Waals surface area contributed by atoms with Gasteiger partial charge in [-0.05, 0) is 98.8 Å². The first-order valence-corrected chi connectivity index (χ1v) is 10.9. The van der Waals surface area contributed by atoms with Gasteiger partial charge in [-0.25, -0.2) is 0 Å². The fourth-order valence-electron chi connectivity index (χ4n) is 6.23. The zero-order valence-electron chi connectivity index (χ0n) is 17.2. The van der Waals surface area contributed by atoms with Crippen LogP contribution in [0.25, 0.3) is 6.08 Å². The van der Waals surface area contributed by atoms with E-state index in [1.807, 2.05) is 0 Å². The number of hydrogen-bond donors (Lipinski definition) is 0. The van der Waals surface area contributed by atoms with E-state index in [4.69, 9.17) is 9.15 Å². The molecule has 3 nitrogen and oxygen atoms in total. The SMILES string of the molecule is O=C(/C=C/c1ccc(COc2cccc(C(F)(F)F)c2)o1)C12CC3CC(CC(C3)C1)C2. The van der Waals surface area contributed by atoms with Crippen molar-refractivity contribution < 1.29 is 27.1 Å². The molecule has 4 saturated carbocycles. The Labute approximate surface area is 179 Å². The van der Waals surface area contributed by atoms with Gasteiger partial charge in [-0.1, -0.05) is 6.07 Å². The Morgan fingerprint density at radius 2 is 1.74 bits per heavy atom. The third kappa shape index (κ3) is 4.17. The molecule has 0 amide bonds. The van der Waals surface area contributed by atoms with Crippen LogP contribution in [0.3, 0.4) is 0 Å². The molecule has 0 unspecified atom stereocenters. The third-order valence-corrected chi connectivity index (χ3v) is 7.18. The van der Waals surface area contributed by atoms with Crippen LogP contribution in [0, 0.1) is 23.2 Å². The Morgan fingerprint density at radius 1 is 1.06 bits per heavy atom. The average molecular weight is 430 g/mol. The van der Waals surface area contributed by atoms with Gasteiger partial charge in [0, 0.05) is 5.41 Å². The normalized spacial score (nSPS) is 29.6. The molecule has 1 aromatic heterocycles. The zero-order chi connectivity index (χ0) is 21.6. The van der Waals surface area contributed by atoms with E-state index < -0.39 is 11.7 Å². The molecular weight excluding hydrogens is 405 g/mol. The molecule has 4 aliphatic carbocycles. The highest BCUT2D eigenvalue weighted by Crippen LogP contribution is 2.60. The Morgan fingerprint density at radius 3 is 2.39 bits per heavy atom. The first kappa shape index (κ1) is 20.4. The first-order valence-electron chi connectivity index (χ1n) is 10.9. The fraction of sp³-hybridized carbons (Fsp3) is 0.480. The van der Waals surface area contributed by atoms with Crippen LogP contribution in [0.1, 0.15) is 55.6 Å². The minimum absolute atomic E-state index is 0.0120. The minimum Gasteiger partial charge on any atom is -0.486 e. The summed E-state index contributed by atoms with van der Waals surface area (Å²) in [6.07, 6.45) is 5.91. The smallest absolute Gasteiger partial charge is 0.416 e. The highest BCUT2D eigenvalue weighted by molar-refractivity contribution is 5.98. The van der Waals surface area contributed by atoms with Gasteiger partial charge in [0.1, 0.15) is 23.9 Å². The molecule has 0 radical (unpaired) electrons. The van der Waals surface area contributed by atoms with Crippen molar-refractivity contribution in [3.05, 3.63) is 59.6 Å². The highest BCUT2D eigenvalue weighted by atomic mass is 19.4. The van der Waals surface area contributed by atoms with Gasteiger partial charge in [-0.3, -0.25) is 4.79 Å². The van der Waals surface area contributed by atoms with E-state index >= 15 is 0 Å². The van der Waals surface area contributed by atoms with Crippen molar-refractivity contribution in [1.29, 1.82) is 0 Å². The van der Waals surface area contributed by atoms with E-state index in [9.17, 15) is 18.0 Å². The van der Waals surface area contributed by atoms with E-state index in [0.717, 1.165) is 31.4 Å². The van der Waals surface area contributed by atoms with Crippen LogP contribution in [0.15, 0.2) is 46.9 Å². The second kappa shape index (κ2) is 7.57. The number of ketones is 1. The van der Waals surface area contributed by atoms with Gasteiger partial charge in [0.25, 0.3) is 0 Å². The molecule has 2 aromatic rings. The van der Waals surface area contributed by atoms with E-state index in [0.29, 0.717) is 29.3 Å². The lowest BCUT2D eigenvalue weighted by molar-refractivity contribution is -0.138. The van der Waals surface area contributed by atoms with Gasteiger partial charge in [0.05, 0.1) is 5.56 Å². The Kier molecular flexibility index (Phi) is 4.98. The summed E-state index contributed by atoms with van der Waals surface area (Å²) in [4.78, 5) is 13.1. The molecule has 1 heterocycles. The number of ether oxygens (including phenoxy) is 1. The van der Waals surface area contributed by atoms with Crippen LogP contribution in [0.5, 0.6) is 5.75 Å². The molecule has 31 heavy (non-hydrogen) atoms. The summed E-state index contributed by atoms with van der Waals surface area (Å²) in [5, 5.41) is 0. The van der Waals surface area contributed by atoms with Crippen molar-refractivity contribution in [2.24, 2.45) is 23.2 Å². The van der Waals surface area contributed by atoms with E-state index in [1.54, 1.807) is 24.3 Å². The van der Waals surface area contributed by atoms with E-state index in [1.165, 1.54) is 31.4 Å². The molecule has 4 fully saturated rings. The van der Waals surface area contributed by atoms with Crippen molar-refractivity contribution >= 4 is 11.9 Å². The van der Waals surface area contributed by atoms with E-state index in [2.05, 4.69) is 0 Å². The van der Waals surface area contributed by atoms with Crippen molar-refractivity contribution in [1.82, 2.24) is 0 Å². The number of allylic oxidation sites excluding steroid dienone is 1. The molecule has 4 bridgehead atoms. The molecule has 1 aromatic carbocycles. The minimum atomic E-state index is -4.41. The lowest BCUT2D eigenvalue weighted by Gasteiger charge is -2.55. The summed E-state index contributed by atoms with van der Waals surface area (Å²) in [5.41, 5.74) is -0.927. The van der Waals surface area contributed by atoms with Crippen LogP contribution in [0.4, 0.5) is 13.2 Å². The standard InChI is InChI=1S/C25H25F3O3/c26-25(27,28)19-2-1-3-21(11-19)30-15-22-5-4-20(31-22)6-7-23(29)24-12-16-8-17(13-24)10-18(9-16)14-24/h1-7,11,16-18H,8-10,12-15H2/b7-6+. The predicted octanol–water partition coefficient (Wildman–Crippen LogP) is 6.68. The van der Waals surface area contributed by atoms with Crippen molar-refractivity contribution in [3.63, 3.8) is 0 Å². The maximum atomic E-state index is 13.1. The molecule has 164 valence electrons. The summed E-state index contributed by atoms with van der Waals surface area (Å²) in [5.74, 6) is 3.51. The molecular formula is C25H25F3O3. The molecule has 0 saturated heterocycles. The van der Waals surface area contributed by atoms with Gasteiger partial charge < -0.3 is 9.15 Å². The predicted molar refractivity (Wildman–Crippen MR) is 109 cm³/mol. The van der Waals surface area contributed by atoms with Crippen molar-refractivity contribution in [3.8, 4) is 5.75 Å². The largest absolute Gasteiger partial charge is 0.486 e. The van der Waals surface area contributed by atoms with Crippen LogP contribution >= 0.6 is 0 Å². The lowest BCUT2D eigenvalue weighted by atomic mass is 9.48. The van der Waals surface area contributed by atoms with Crippen LogP contribution in [0.2, 0.25) is 0 Å². The van der Waals surface area contributed by atoms with Gasteiger partial charge in [-0.15, -0.1) is 0 Å². The number of halogens is 3. The average Bonchev–Trinajstić information content (AvgIpc) is 3.17. The van der Waals surface area contributed by atoms with Gasteiger partial charge in [0.15, 0.2) is 5.78 Å². The molecule has 0 spiro atoms. The highest BCUT2D eigenvalue weighted by Gasteiger charge is 2.53. The first-order chi connectivity index (χ1) is 14.8. The number of hydrogen-bond acceptors (Lipinski definition) is 3. The van der Waals surface area contributed by atoms with Gasteiger partial charge in [-0.2, -0.15) is 13.2 Å². The summed E-state index contributed by atoms with van der Waals surface area (Å²) >= 11 is 0. The van der Waals surface area contributed by atoms with Crippen LogP contribution in [-0.2, 0) is 17.6 Å². The third-order valence-electron chi connectivity index (χ3n) is 7.18. The summed E-state index contributed by atoms with van der Waals surface area (Å²) in [7, 11) is 0. The maximum absolute atomic E-state index is 13.1. The maximum Gasteiger partial charge on any atom is 0.416 e. The lowest BCUT2D eigenvalue weighted by Crippen LogP contribution is -2.49. The Bertz CT molecular complexity index is 966. The number of carbonyl (C=O) groups excluding carboxylic acids is 1. The van der Waals surface area contributed by atoms with Gasteiger partial charge >= 0.3 is 6.18 Å². The summed E-state index contributed by atoms with van der Waals surface area (Å²) < 4.78 is 49.6. The number of carbonyl (C=O) groups is 1. The quantitative estimate of drug-likeness (QED) is 0.480. The van der Waals surface area contributed by atoms with Crippen LogP contribution < -0.4 is 4.74 Å². The number of benzene rings is 1. The second-order valence-corrected chi connectivity index (χ2v) is 9.51. The molecule has 4 aliphatic rings.